The highest BCUT2D eigenvalue weighted by Gasteiger charge is 2.30. The molecule has 2 N–H and O–H groups in total. The number of carbonyl (C=O) groups is 1. The molecule has 1 aromatic heterocycles. The van der Waals surface area contributed by atoms with E-state index in [1.807, 2.05) is 0 Å². The van der Waals surface area contributed by atoms with Crippen molar-refractivity contribution in [2.45, 2.75) is 25.4 Å². The van der Waals surface area contributed by atoms with E-state index in [9.17, 15) is 18.0 Å². The highest BCUT2D eigenvalue weighted by Crippen LogP contribution is 2.32. The molecule has 9 heteroatoms. The number of rotatable bonds is 5. The number of amides is 1. The molecule has 1 saturated heterocycles. The fraction of sp³-hybridized carbons (Fsp3) is 0.318. The second-order valence-corrected chi connectivity index (χ2v) is 7.54. The maximum absolute atomic E-state index is 13.0. The van der Waals surface area contributed by atoms with Gasteiger partial charge in [0.2, 0.25) is 5.91 Å². The number of likely N-dealkylation sites (tertiary alicyclic amines) is 1. The lowest BCUT2D eigenvalue weighted by molar-refractivity contribution is -0.137. The number of nitrogens with one attached hydrogen (secondary N) is 2. The summed E-state index contributed by atoms with van der Waals surface area (Å²) in [5.41, 5.74) is 0.700. The average molecular weight is 429 g/mol. The third kappa shape index (κ3) is 5.29. The van der Waals surface area contributed by atoms with Crippen LogP contribution in [0.25, 0.3) is 10.9 Å². The molecule has 1 amide bonds. The fourth-order valence-corrected chi connectivity index (χ4v) is 3.67. The molecule has 0 atom stereocenters. The zero-order valence-electron chi connectivity index (χ0n) is 16.7. The largest absolute Gasteiger partial charge is 0.416 e. The SMILES string of the molecule is O=C(CN1CCCCC1)Nc1ccc2ncnc(Nc3cccc(C(F)(F)F)c3)c2c1. The van der Waals surface area contributed by atoms with Crippen molar-refractivity contribution in [2.24, 2.45) is 0 Å². The molecule has 0 aliphatic carbocycles. The maximum atomic E-state index is 13.0. The number of fused-ring (bicyclic) bond motifs is 1. The molecule has 2 heterocycles. The Kier molecular flexibility index (Phi) is 6.03. The molecule has 0 saturated carbocycles. The number of carbonyl (C=O) groups excluding carboxylic acids is 1. The molecule has 2 aromatic carbocycles. The molecule has 0 radical (unpaired) electrons. The third-order valence-electron chi connectivity index (χ3n) is 5.19. The Morgan fingerprint density at radius 1 is 1.00 bits per heavy atom. The van der Waals surface area contributed by atoms with Gasteiger partial charge in [0.25, 0.3) is 0 Å². The number of aromatic nitrogens is 2. The first kappa shape index (κ1) is 21.0. The van der Waals surface area contributed by atoms with E-state index in [1.54, 1.807) is 18.2 Å². The van der Waals surface area contributed by atoms with Crippen LogP contribution in [0.3, 0.4) is 0 Å². The lowest BCUT2D eigenvalue weighted by Gasteiger charge is -2.25. The Morgan fingerprint density at radius 3 is 2.58 bits per heavy atom. The quantitative estimate of drug-likeness (QED) is 0.609. The zero-order valence-corrected chi connectivity index (χ0v) is 16.7. The molecular formula is C22H22F3N5O. The van der Waals surface area contributed by atoms with E-state index in [2.05, 4.69) is 25.5 Å². The minimum Gasteiger partial charge on any atom is -0.340 e. The van der Waals surface area contributed by atoms with Crippen LogP contribution < -0.4 is 10.6 Å². The van der Waals surface area contributed by atoms with Gasteiger partial charge in [-0.3, -0.25) is 9.69 Å². The van der Waals surface area contributed by atoms with Gasteiger partial charge in [0.15, 0.2) is 0 Å². The van der Waals surface area contributed by atoms with E-state index in [-0.39, 0.29) is 11.6 Å². The molecule has 162 valence electrons. The van der Waals surface area contributed by atoms with Crippen LogP contribution in [0.2, 0.25) is 0 Å². The summed E-state index contributed by atoms with van der Waals surface area (Å²) in [5.74, 6) is 0.252. The lowest BCUT2D eigenvalue weighted by Crippen LogP contribution is -2.36. The molecule has 0 unspecified atom stereocenters. The van der Waals surface area contributed by atoms with Gasteiger partial charge in [-0.1, -0.05) is 12.5 Å². The van der Waals surface area contributed by atoms with Crippen molar-refractivity contribution in [1.29, 1.82) is 0 Å². The Morgan fingerprint density at radius 2 is 1.81 bits per heavy atom. The molecule has 4 rings (SSSR count). The van der Waals surface area contributed by atoms with Crippen LogP contribution in [0.5, 0.6) is 0 Å². The summed E-state index contributed by atoms with van der Waals surface area (Å²) >= 11 is 0. The Bertz CT molecular complexity index is 1080. The van der Waals surface area contributed by atoms with Gasteiger partial charge < -0.3 is 10.6 Å². The predicted molar refractivity (Wildman–Crippen MR) is 113 cm³/mol. The second-order valence-electron chi connectivity index (χ2n) is 7.54. The van der Waals surface area contributed by atoms with Gasteiger partial charge in [-0.25, -0.2) is 9.97 Å². The highest BCUT2D eigenvalue weighted by molar-refractivity contribution is 5.97. The number of anilines is 3. The van der Waals surface area contributed by atoms with Crippen molar-refractivity contribution in [3.05, 3.63) is 54.4 Å². The Hall–Kier alpha value is -3.20. The van der Waals surface area contributed by atoms with Crippen molar-refractivity contribution in [1.82, 2.24) is 14.9 Å². The Balaban J connectivity index is 1.54. The molecule has 31 heavy (non-hydrogen) atoms. The van der Waals surface area contributed by atoms with Gasteiger partial charge in [-0.05, 0) is 62.3 Å². The van der Waals surface area contributed by atoms with E-state index in [0.717, 1.165) is 38.1 Å². The summed E-state index contributed by atoms with van der Waals surface area (Å²) in [7, 11) is 0. The minimum absolute atomic E-state index is 0.106. The van der Waals surface area contributed by atoms with Crippen LogP contribution in [0, 0.1) is 0 Å². The molecule has 1 aliphatic rings. The number of hydrogen-bond donors (Lipinski definition) is 2. The monoisotopic (exact) mass is 429 g/mol. The molecule has 6 nitrogen and oxygen atoms in total. The Labute approximate surface area is 177 Å². The molecule has 1 aliphatic heterocycles. The van der Waals surface area contributed by atoms with Gasteiger partial charge in [-0.2, -0.15) is 13.2 Å². The summed E-state index contributed by atoms with van der Waals surface area (Å²) in [6, 6.07) is 10.1. The number of hydrogen-bond acceptors (Lipinski definition) is 5. The highest BCUT2D eigenvalue weighted by atomic mass is 19.4. The van der Waals surface area contributed by atoms with E-state index in [4.69, 9.17) is 0 Å². The van der Waals surface area contributed by atoms with Crippen LogP contribution in [-0.4, -0.2) is 40.4 Å². The molecule has 1 fully saturated rings. The average Bonchev–Trinajstić information content (AvgIpc) is 2.74. The molecule has 0 spiro atoms. The van der Waals surface area contributed by atoms with Crippen LogP contribution in [0.15, 0.2) is 48.8 Å². The summed E-state index contributed by atoms with van der Waals surface area (Å²) < 4.78 is 39.0. The van der Waals surface area contributed by atoms with E-state index >= 15 is 0 Å². The van der Waals surface area contributed by atoms with Gasteiger partial charge in [-0.15, -0.1) is 0 Å². The van der Waals surface area contributed by atoms with Crippen LogP contribution in [-0.2, 0) is 11.0 Å². The standard InChI is InChI=1S/C22H22F3N5O/c23-22(24,25)15-5-4-6-16(11-15)29-21-18-12-17(7-8-19(18)26-14-27-21)28-20(31)13-30-9-2-1-3-10-30/h4-8,11-12,14H,1-3,9-10,13H2,(H,28,31)(H,26,27,29). The first-order chi connectivity index (χ1) is 14.9. The van der Waals surface area contributed by atoms with Gasteiger partial charge >= 0.3 is 6.18 Å². The van der Waals surface area contributed by atoms with Gasteiger partial charge in [0, 0.05) is 16.8 Å². The van der Waals surface area contributed by atoms with Crippen LogP contribution >= 0.6 is 0 Å². The van der Waals surface area contributed by atoms with Crippen molar-refractivity contribution in [2.75, 3.05) is 30.3 Å². The van der Waals surface area contributed by atoms with Gasteiger partial charge in [0.1, 0.15) is 12.1 Å². The number of nitrogens with zero attached hydrogens (tertiary/aromatic N) is 3. The number of alkyl halides is 3. The minimum atomic E-state index is -4.43. The molecular weight excluding hydrogens is 407 g/mol. The first-order valence-electron chi connectivity index (χ1n) is 10.1. The second kappa shape index (κ2) is 8.89. The van der Waals surface area contributed by atoms with E-state index in [1.165, 1.54) is 24.9 Å². The van der Waals surface area contributed by atoms with Crippen molar-refractivity contribution >= 4 is 34.0 Å². The summed E-state index contributed by atoms with van der Waals surface area (Å²) in [5, 5.41) is 6.42. The van der Waals surface area contributed by atoms with Crippen molar-refractivity contribution < 1.29 is 18.0 Å². The topological polar surface area (TPSA) is 70.2 Å². The normalized spacial score (nSPS) is 15.1. The van der Waals surface area contributed by atoms with Crippen LogP contribution in [0.4, 0.5) is 30.4 Å². The summed E-state index contributed by atoms with van der Waals surface area (Å²) in [6.07, 6.45) is 0.310. The third-order valence-corrected chi connectivity index (χ3v) is 5.19. The number of benzene rings is 2. The zero-order chi connectivity index (χ0) is 21.8. The van der Waals surface area contributed by atoms with Crippen molar-refractivity contribution in [3.8, 4) is 0 Å². The van der Waals surface area contributed by atoms with E-state index in [0.29, 0.717) is 29.0 Å². The first-order valence-corrected chi connectivity index (χ1v) is 10.1. The maximum Gasteiger partial charge on any atom is 0.416 e. The number of piperidine rings is 1. The summed E-state index contributed by atoms with van der Waals surface area (Å²) in [4.78, 5) is 22.9. The smallest absolute Gasteiger partial charge is 0.340 e. The molecule has 3 aromatic rings. The lowest BCUT2D eigenvalue weighted by atomic mass is 10.1. The van der Waals surface area contributed by atoms with Crippen LogP contribution in [0.1, 0.15) is 24.8 Å². The summed E-state index contributed by atoms with van der Waals surface area (Å²) in [6.45, 7) is 2.17. The predicted octanol–water partition coefficient (Wildman–Crippen LogP) is 4.82. The van der Waals surface area contributed by atoms with Gasteiger partial charge in [0.05, 0.1) is 17.6 Å². The fourth-order valence-electron chi connectivity index (χ4n) is 3.67. The van der Waals surface area contributed by atoms with Crippen molar-refractivity contribution in [3.63, 3.8) is 0 Å². The number of halogens is 3. The molecule has 0 bridgehead atoms. The van der Waals surface area contributed by atoms with E-state index < -0.39 is 11.7 Å².